The monoisotopic (exact) mass is 511 g/mol. The fourth-order valence-electron chi connectivity index (χ4n) is 4.38. The molecule has 2 amide bonds. The van der Waals surface area contributed by atoms with Crippen molar-refractivity contribution in [2.24, 2.45) is 0 Å². The SMILES string of the molecule is CC(=O)N(Cc1ccccc1)C(C(=O)NCc1ccccc1)c1cn(C(=O)OC(C)(C)C)c2ccccc12. The summed E-state index contributed by atoms with van der Waals surface area (Å²) in [4.78, 5) is 41.6. The lowest BCUT2D eigenvalue weighted by Crippen LogP contribution is -2.42. The number of aromatic nitrogens is 1. The quantitative estimate of drug-likeness (QED) is 0.339. The maximum atomic E-state index is 13.9. The maximum Gasteiger partial charge on any atom is 0.419 e. The summed E-state index contributed by atoms with van der Waals surface area (Å²) in [5, 5.41) is 3.69. The predicted molar refractivity (Wildman–Crippen MR) is 147 cm³/mol. The first-order chi connectivity index (χ1) is 18.1. The number of hydrogen-bond donors (Lipinski definition) is 1. The maximum absolute atomic E-state index is 13.9. The number of hydrogen-bond acceptors (Lipinski definition) is 4. The Morgan fingerprint density at radius 2 is 1.45 bits per heavy atom. The van der Waals surface area contributed by atoms with E-state index in [1.54, 1.807) is 33.0 Å². The van der Waals surface area contributed by atoms with Gasteiger partial charge in [-0.2, -0.15) is 0 Å². The highest BCUT2D eigenvalue weighted by molar-refractivity contribution is 5.97. The fraction of sp³-hybridized carbons (Fsp3) is 0.258. The van der Waals surface area contributed by atoms with E-state index < -0.39 is 17.7 Å². The highest BCUT2D eigenvalue weighted by Crippen LogP contribution is 2.32. The summed E-state index contributed by atoms with van der Waals surface area (Å²) >= 11 is 0. The minimum atomic E-state index is -0.981. The summed E-state index contributed by atoms with van der Waals surface area (Å²) in [6.45, 7) is 7.38. The predicted octanol–water partition coefficient (Wildman–Crippen LogP) is 5.83. The van der Waals surface area contributed by atoms with Gasteiger partial charge in [-0.3, -0.25) is 14.2 Å². The average Bonchev–Trinajstić information content (AvgIpc) is 3.27. The summed E-state index contributed by atoms with van der Waals surface area (Å²) in [5.41, 5.74) is 2.27. The van der Waals surface area contributed by atoms with Crippen LogP contribution in [0.5, 0.6) is 0 Å². The van der Waals surface area contributed by atoms with Gasteiger partial charge >= 0.3 is 6.09 Å². The van der Waals surface area contributed by atoms with Crippen LogP contribution in [-0.4, -0.2) is 33.0 Å². The number of amides is 2. The van der Waals surface area contributed by atoms with Crippen LogP contribution < -0.4 is 5.32 Å². The molecule has 196 valence electrons. The Kier molecular flexibility index (Phi) is 7.96. The fourth-order valence-corrected chi connectivity index (χ4v) is 4.38. The second-order valence-electron chi connectivity index (χ2n) is 10.2. The third kappa shape index (κ3) is 6.29. The van der Waals surface area contributed by atoms with E-state index in [0.29, 0.717) is 23.0 Å². The number of rotatable bonds is 7. The van der Waals surface area contributed by atoms with Gasteiger partial charge in [-0.25, -0.2) is 4.79 Å². The Morgan fingerprint density at radius 3 is 2.05 bits per heavy atom. The number of carbonyl (C=O) groups is 3. The van der Waals surface area contributed by atoms with Crippen LogP contribution in [0.2, 0.25) is 0 Å². The van der Waals surface area contributed by atoms with Crippen LogP contribution in [0.4, 0.5) is 4.79 Å². The number of nitrogens with zero attached hydrogens (tertiary/aromatic N) is 2. The Balaban J connectivity index is 1.80. The van der Waals surface area contributed by atoms with Crippen LogP contribution in [0.25, 0.3) is 10.9 Å². The van der Waals surface area contributed by atoms with Gasteiger partial charge in [0.2, 0.25) is 11.8 Å². The van der Waals surface area contributed by atoms with E-state index in [4.69, 9.17) is 4.74 Å². The molecular formula is C31H33N3O4. The lowest BCUT2D eigenvalue weighted by Gasteiger charge is -2.30. The van der Waals surface area contributed by atoms with Crippen LogP contribution in [0.3, 0.4) is 0 Å². The third-order valence-corrected chi connectivity index (χ3v) is 6.10. The van der Waals surface area contributed by atoms with Crippen LogP contribution in [0.15, 0.2) is 91.1 Å². The molecule has 7 heteroatoms. The van der Waals surface area contributed by atoms with Gasteiger partial charge in [0.1, 0.15) is 11.6 Å². The minimum Gasteiger partial charge on any atom is -0.443 e. The van der Waals surface area contributed by atoms with Crippen molar-refractivity contribution in [2.45, 2.75) is 52.4 Å². The Morgan fingerprint density at radius 1 is 0.868 bits per heavy atom. The molecule has 1 heterocycles. The zero-order valence-electron chi connectivity index (χ0n) is 22.2. The molecule has 0 bridgehead atoms. The topological polar surface area (TPSA) is 80.6 Å². The van der Waals surface area contributed by atoms with E-state index in [0.717, 1.165) is 11.1 Å². The molecule has 0 spiro atoms. The lowest BCUT2D eigenvalue weighted by molar-refractivity contribution is -0.140. The first kappa shape index (κ1) is 26.7. The second kappa shape index (κ2) is 11.3. The summed E-state index contributed by atoms with van der Waals surface area (Å²) < 4.78 is 7.05. The van der Waals surface area contributed by atoms with E-state index in [1.165, 1.54) is 16.4 Å². The second-order valence-corrected chi connectivity index (χ2v) is 10.2. The van der Waals surface area contributed by atoms with Gasteiger partial charge in [0.25, 0.3) is 0 Å². The van der Waals surface area contributed by atoms with Crippen molar-refractivity contribution in [3.63, 3.8) is 0 Å². The van der Waals surface area contributed by atoms with Gasteiger partial charge in [0.05, 0.1) is 5.52 Å². The molecule has 0 saturated heterocycles. The third-order valence-electron chi connectivity index (χ3n) is 6.10. The highest BCUT2D eigenvalue weighted by atomic mass is 16.6. The molecule has 0 aliphatic carbocycles. The minimum absolute atomic E-state index is 0.228. The number of ether oxygens (including phenoxy) is 1. The molecule has 38 heavy (non-hydrogen) atoms. The van der Waals surface area contributed by atoms with Crippen molar-refractivity contribution in [1.29, 1.82) is 0 Å². The van der Waals surface area contributed by atoms with Gasteiger partial charge in [-0.1, -0.05) is 78.9 Å². The molecule has 1 atom stereocenters. The first-order valence-electron chi connectivity index (χ1n) is 12.6. The van der Waals surface area contributed by atoms with Crippen molar-refractivity contribution in [2.75, 3.05) is 0 Å². The Hall–Kier alpha value is -4.39. The van der Waals surface area contributed by atoms with Crippen molar-refractivity contribution in [1.82, 2.24) is 14.8 Å². The molecule has 0 aliphatic heterocycles. The van der Waals surface area contributed by atoms with Crippen molar-refractivity contribution in [3.05, 3.63) is 108 Å². The average molecular weight is 512 g/mol. The first-order valence-corrected chi connectivity index (χ1v) is 12.6. The number of nitrogens with one attached hydrogen (secondary N) is 1. The van der Waals surface area contributed by atoms with Gasteiger partial charge in [-0.15, -0.1) is 0 Å². The van der Waals surface area contributed by atoms with E-state index >= 15 is 0 Å². The lowest BCUT2D eigenvalue weighted by atomic mass is 10.0. The van der Waals surface area contributed by atoms with E-state index in [-0.39, 0.29) is 18.4 Å². The summed E-state index contributed by atoms with van der Waals surface area (Å²) in [6, 6.07) is 25.4. The van der Waals surface area contributed by atoms with Gasteiger partial charge in [0.15, 0.2) is 0 Å². The molecule has 1 unspecified atom stereocenters. The Labute approximate surface area is 223 Å². The summed E-state index contributed by atoms with van der Waals surface area (Å²) in [7, 11) is 0. The van der Waals surface area contributed by atoms with Gasteiger partial charge in [0, 0.05) is 37.2 Å². The number of para-hydroxylation sites is 1. The van der Waals surface area contributed by atoms with Crippen molar-refractivity contribution < 1.29 is 19.1 Å². The van der Waals surface area contributed by atoms with Crippen LogP contribution >= 0.6 is 0 Å². The molecule has 0 fully saturated rings. The largest absolute Gasteiger partial charge is 0.443 e. The molecule has 0 saturated carbocycles. The molecule has 4 rings (SSSR count). The molecule has 3 aromatic carbocycles. The van der Waals surface area contributed by atoms with E-state index in [9.17, 15) is 14.4 Å². The smallest absolute Gasteiger partial charge is 0.419 e. The van der Waals surface area contributed by atoms with E-state index in [2.05, 4.69) is 5.32 Å². The zero-order chi connectivity index (χ0) is 27.3. The van der Waals surface area contributed by atoms with Gasteiger partial charge < -0.3 is 15.0 Å². The highest BCUT2D eigenvalue weighted by Gasteiger charge is 2.33. The van der Waals surface area contributed by atoms with Crippen LogP contribution in [-0.2, 0) is 27.4 Å². The molecular weight excluding hydrogens is 478 g/mol. The Bertz CT molecular complexity index is 1420. The van der Waals surface area contributed by atoms with Crippen LogP contribution in [0, 0.1) is 0 Å². The molecule has 1 aromatic heterocycles. The van der Waals surface area contributed by atoms with Crippen LogP contribution in [0.1, 0.15) is 50.4 Å². The summed E-state index contributed by atoms with van der Waals surface area (Å²) in [6.07, 6.45) is 1.06. The van der Waals surface area contributed by atoms with Gasteiger partial charge in [-0.05, 0) is 38.0 Å². The van der Waals surface area contributed by atoms with Crippen molar-refractivity contribution >= 4 is 28.8 Å². The molecule has 0 aliphatic rings. The standard InChI is InChI=1S/C31H33N3O4/c1-22(35)33(20-24-15-9-6-10-16-24)28(29(36)32-19-23-13-7-5-8-14-23)26-21-34(30(37)38-31(2,3)4)27-18-12-11-17-25(26)27/h5-18,21,28H,19-20H2,1-4H3,(H,32,36). The number of fused-ring (bicyclic) bond motifs is 1. The zero-order valence-corrected chi connectivity index (χ0v) is 22.2. The van der Waals surface area contributed by atoms with Crippen molar-refractivity contribution in [3.8, 4) is 0 Å². The molecule has 4 aromatic rings. The summed E-state index contributed by atoms with van der Waals surface area (Å²) in [5.74, 6) is -0.602. The normalized spacial score (nSPS) is 12.1. The molecule has 7 nitrogen and oxygen atoms in total. The number of benzene rings is 3. The van der Waals surface area contributed by atoms with E-state index in [1.807, 2.05) is 78.9 Å². The molecule has 1 N–H and O–H groups in total. The number of carbonyl (C=O) groups excluding carboxylic acids is 3. The molecule has 0 radical (unpaired) electrons.